The number of rotatable bonds is 24. The lowest BCUT2D eigenvalue weighted by molar-refractivity contribution is 0.674. The smallest absolute Gasteiger partial charge is 0.0848 e. The Morgan fingerprint density at radius 1 is 0.477 bits per heavy atom. The lowest BCUT2D eigenvalue weighted by atomic mass is 10.00. The van der Waals surface area contributed by atoms with Gasteiger partial charge in [-0.15, -0.1) is 0 Å². The van der Waals surface area contributed by atoms with Crippen molar-refractivity contribution < 1.29 is 0 Å². The van der Waals surface area contributed by atoms with Crippen molar-refractivity contribution in [2.45, 2.75) is 170 Å². The SMILES string of the molecule is CCCCCCC=CC(=Nc1cc(CCCC)cc(CCCC)c1)C(CCCC)=Nc1cc(CCCC)cc(CCCC)c1. The van der Waals surface area contributed by atoms with E-state index in [0.717, 1.165) is 74.2 Å². The molecule has 0 saturated carbocycles. The Labute approximate surface area is 273 Å². The highest BCUT2D eigenvalue weighted by Crippen LogP contribution is 2.25. The Morgan fingerprint density at radius 2 is 0.909 bits per heavy atom. The number of unbranched alkanes of at least 4 members (excludes halogenated alkanes) is 9. The van der Waals surface area contributed by atoms with Gasteiger partial charge in [0.15, 0.2) is 0 Å². The van der Waals surface area contributed by atoms with Crippen LogP contribution in [0.2, 0.25) is 0 Å². The maximum absolute atomic E-state index is 5.44. The Kier molecular flexibility index (Phi) is 20.4. The molecule has 0 spiro atoms. The number of nitrogens with zero attached hydrogens (tertiary/aromatic N) is 2. The highest BCUT2D eigenvalue weighted by molar-refractivity contribution is 6.47. The molecule has 0 saturated heterocycles. The molecule has 0 N–H and O–H groups in total. The molecule has 0 heterocycles. The standard InChI is InChI=1S/C42H66N2/c1-7-13-19-20-21-22-28-42(44-40-33-37(25-16-10-4)30-38(34-40)26-17-11-5)41(27-18-12-6)43-39-31-35(23-14-8-2)29-36(32-39)24-15-9-3/h22,28-34H,7-21,23-27H2,1-6H3. The summed E-state index contributed by atoms with van der Waals surface area (Å²) in [6.45, 7) is 13.7. The summed E-state index contributed by atoms with van der Waals surface area (Å²) in [5, 5.41) is 0. The highest BCUT2D eigenvalue weighted by Gasteiger charge is 2.11. The van der Waals surface area contributed by atoms with Crippen molar-refractivity contribution in [3.8, 4) is 0 Å². The van der Waals surface area contributed by atoms with Crippen molar-refractivity contribution in [3.05, 3.63) is 70.8 Å². The molecule has 0 bridgehead atoms. The molecular formula is C42H66N2. The zero-order valence-electron chi connectivity index (χ0n) is 29.7. The first-order chi connectivity index (χ1) is 21.6. The Balaban J connectivity index is 2.64. The van der Waals surface area contributed by atoms with Crippen LogP contribution in [0.3, 0.4) is 0 Å². The van der Waals surface area contributed by atoms with Crippen LogP contribution in [0.15, 0.2) is 58.5 Å². The van der Waals surface area contributed by atoms with Gasteiger partial charge in [-0.3, -0.25) is 4.99 Å². The van der Waals surface area contributed by atoms with Crippen molar-refractivity contribution >= 4 is 22.8 Å². The summed E-state index contributed by atoms with van der Waals surface area (Å²) in [5.41, 5.74) is 10.1. The molecule has 2 aromatic rings. The van der Waals surface area contributed by atoms with Crippen LogP contribution in [0.25, 0.3) is 0 Å². The van der Waals surface area contributed by atoms with Gasteiger partial charge in [0.1, 0.15) is 0 Å². The van der Waals surface area contributed by atoms with E-state index in [1.54, 1.807) is 0 Å². The van der Waals surface area contributed by atoms with Crippen LogP contribution < -0.4 is 0 Å². The molecule has 0 amide bonds. The fraction of sp³-hybridized carbons (Fsp3) is 0.619. The van der Waals surface area contributed by atoms with Gasteiger partial charge < -0.3 is 0 Å². The monoisotopic (exact) mass is 599 g/mol. The first kappa shape index (κ1) is 37.7. The number of aliphatic imine (C=N–C) groups is 2. The number of benzene rings is 2. The van der Waals surface area contributed by atoms with Gasteiger partial charge in [-0.25, -0.2) is 4.99 Å². The van der Waals surface area contributed by atoms with E-state index in [-0.39, 0.29) is 0 Å². The minimum absolute atomic E-state index is 0.956. The van der Waals surface area contributed by atoms with Gasteiger partial charge in [0.2, 0.25) is 0 Å². The van der Waals surface area contributed by atoms with E-state index in [4.69, 9.17) is 9.98 Å². The third kappa shape index (κ3) is 15.5. The van der Waals surface area contributed by atoms with Gasteiger partial charge in [0.05, 0.1) is 22.8 Å². The summed E-state index contributed by atoms with van der Waals surface area (Å²) in [6, 6.07) is 14.2. The molecule has 44 heavy (non-hydrogen) atoms. The minimum atomic E-state index is 0.956. The molecule has 0 aromatic heterocycles. The molecule has 0 radical (unpaired) electrons. The quantitative estimate of drug-likeness (QED) is 0.0848. The van der Waals surface area contributed by atoms with Crippen molar-refractivity contribution in [2.24, 2.45) is 9.98 Å². The van der Waals surface area contributed by atoms with E-state index in [0.29, 0.717) is 0 Å². The van der Waals surface area contributed by atoms with Crippen molar-refractivity contribution in [1.29, 1.82) is 0 Å². The van der Waals surface area contributed by atoms with E-state index in [2.05, 4.69) is 90.1 Å². The molecule has 0 fully saturated rings. The second kappa shape index (κ2) is 23.8. The predicted octanol–water partition coefficient (Wildman–Crippen LogP) is 13.6. The van der Waals surface area contributed by atoms with E-state index in [1.807, 2.05) is 0 Å². The second-order valence-corrected chi connectivity index (χ2v) is 12.8. The maximum Gasteiger partial charge on any atom is 0.0848 e. The molecule has 0 aliphatic rings. The van der Waals surface area contributed by atoms with Crippen molar-refractivity contribution in [1.82, 2.24) is 0 Å². The lowest BCUT2D eigenvalue weighted by Gasteiger charge is -2.12. The third-order valence-corrected chi connectivity index (χ3v) is 8.43. The Hall–Kier alpha value is -2.48. The van der Waals surface area contributed by atoms with Crippen molar-refractivity contribution in [3.63, 3.8) is 0 Å². The van der Waals surface area contributed by atoms with Crippen LogP contribution in [-0.2, 0) is 25.7 Å². The average Bonchev–Trinajstić information content (AvgIpc) is 3.03. The van der Waals surface area contributed by atoms with E-state index < -0.39 is 0 Å². The molecule has 0 aliphatic heterocycles. The lowest BCUT2D eigenvalue weighted by Crippen LogP contribution is -2.12. The van der Waals surface area contributed by atoms with Gasteiger partial charge in [-0.1, -0.05) is 111 Å². The van der Waals surface area contributed by atoms with E-state index in [1.165, 1.54) is 99.3 Å². The second-order valence-electron chi connectivity index (χ2n) is 12.8. The third-order valence-electron chi connectivity index (χ3n) is 8.43. The number of aryl methyl sites for hydroxylation is 4. The molecule has 2 aromatic carbocycles. The first-order valence-electron chi connectivity index (χ1n) is 18.6. The van der Waals surface area contributed by atoms with E-state index >= 15 is 0 Å². The molecule has 0 aliphatic carbocycles. The summed E-state index contributed by atoms with van der Waals surface area (Å²) in [7, 11) is 0. The molecule has 2 heteroatoms. The molecule has 2 rings (SSSR count). The average molecular weight is 599 g/mol. The summed E-state index contributed by atoms with van der Waals surface area (Å²) in [5.74, 6) is 0. The van der Waals surface area contributed by atoms with Gasteiger partial charge in [0.25, 0.3) is 0 Å². The molecule has 2 nitrogen and oxygen atoms in total. The summed E-state index contributed by atoms with van der Waals surface area (Å²) < 4.78 is 0. The predicted molar refractivity (Wildman–Crippen MR) is 199 cm³/mol. The minimum Gasteiger partial charge on any atom is -0.251 e. The van der Waals surface area contributed by atoms with Crippen LogP contribution in [0.4, 0.5) is 11.4 Å². The van der Waals surface area contributed by atoms with Gasteiger partial charge in [-0.2, -0.15) is 0 Å². The normalized spacial score (nSPS) is 12.5. The molecule has 0 unspecified atom stereocenters. The van der Waals surface area contributed by atoms with Gasteiger partial charge >= 0.3 is 0 Å². The number of hydrogen-bond acceptors (Lipinski definition) is 2. The number of allylic oxidation sites excluding steroid dienone is 2. The summed E-state index contributed by atoms with van der Waals surface area (Å²) in [4.78, 5) is 10.9. The molecule has 244 valence electrons. The van der Waals surface area contributed by atoms with Crippen LogP contribution in [0.1, 0.15) is 167 Å². The topological polar surface area (TPSA) is 24.7 Å². The zero-order chi connectivity index (χ0) is 31.8. The first-order valence-corrected chi connectivity index (χ1v) is 18.6. The Morgan fingerprint density at radius 3 is 1.34 bits per heavy atom. The van der Waals surface area contributed by atoms with Crippen LogP contribution in [0.5, 0.6) is 0 Å². The van der Waals surface area contributed by atoms with Crippen LogP contribution >= 0.6 is 0 Å². The van der Waals surface area contributed by atoms with E-state index in [9.17, 15) is 0 Å². The highest BCUT2D eigenvalue weighted by atomic mass is 14.8. The largest absolute Gasteiger partial charge is 0.251 e. The summed E-state index contributed by atoms with van der Waals surface area (Å²) in [6.07, 6.45) is 28.4. The Bertz CT molecular complexity index is 1080. The van der Waals surface area contributed by atoms with Crippen molar-refractivity contribution in [2.75, 3.05) is 0 Å². The molecule has 0 atom stereocenters. The molecular weight excluding hydrogens is 532 g/mol. The number of hydrogen-bond donors (Lipinski definition) is 0. The van der Waals surface area contributed by atoms with Gasteiger partial charge in [0, 0.05) is 0 Å². The van der Waals surface area contributed by atoms with Crippen LogP contribution in [0, 0.1) is 0 Å². The van der Waals surface area contributed by atoms with Crippen LogP contribution in [-0.4, -0.2) is 11.4 Å². The van der Waals surface area contributed by atoms with Gasteiger partial charge in [-0.05, 0) is 130 Å². The fourth-order valence-corrected chi connectivity index (χ4v) is 5.68. The maximum atomic E-state index is 5.44. The fourth-order valence-electron chi connectivity index (χ4n) is 5.68. The zero-order valence-corrected chi connectivity index (χ0v) is 29.7. The summed E-state index contributed by atoms with van der Waals surface area (Å²) >= 11 is 0.